The molecule has 1 N–H and O–H groups in total. The summed E-state index contributed by atoms with van der Waals surface area (Å²) in [5.41, 5.74) is 1.03. The van der Waals surface area contributed by atoms with Crippen molar-refractivity contribution in [1.29, 1.82) is 0 Å². The van der Waals surface area contributed by atoms with Crippen LogP contribution in [0.15, 0.2) is 30.3 Å². The molecular formula is C15H17Cl2N3. The first-order valence-corrected chi connectivity index (χ1v) is 7.25. The molecule has 2 saturated heterocycles. The molecule has 2 unspecified atom stereocenters. The number of anilines is 1. The molecule has 4 rings (SSSR count). The Balaban J connectivity index is 0.00000121. The van der Waals surface area contributed by atoms with Crippen molar-refractivity contribution in [2.75, 3.05) is 18.0 Å². The predicted octanol–water partition coefficient (Wildman–Crippen LogP) is 3.25. The minimum Gasteiger partial charge on any atom is -0.347 e. The van der Waals surface area contributed by atoms with E-state index in [2.05, 4.69) is 22.3 Å². The van der Waals surface area contributed by atoms with Crippen LogP contribution < -0.4 is 10.2 Å². The Labute approximate surface area is 129 Å². The molecule has 20 heavy (non-hydrogen) atoms. The summed E-state index contributed by atoms with van der Waals surface area (Å²) in [6.07, 6.45) is 2.48. The Bertz CT molecular complexity index is 616. The van der Waals surface area contributed by atoms with Crippen molar-refractivity contribution in [2.24, 2.45) is 0 Å². The molecule has 1 aromatic carbocycles. The third-order valence-electron chi connectivity index (χ3n) is 4.28. The van der Waals surface area contributed by atoms with Crippen LogP contribution in [0.2, 0.25) is 5.02 Å². The third-order valence-corrected chi connectivity index (χ3v) is 4.56. The molecule has 2 atom stereocenters. The van der Waals surface area contributed by atoms with Gasteiger partial charge in [0, 0.05) is 30.6 Å². The van der Waals surface area contributed by atoms with Crippen LogP contribution in [-0.4, -0.2) is 30.2 Å². The summed E-state index contributed by atoms with van der Waals surface area (Å²) in [7, 11) is 0. The number of benzene rings is 1. The second-order valence-electron chi connectivity index (χ2n) is 5.44. The van der Waals surface area contributed by atoms with Gasteiger partial charge in [-0.2, -0.15) is 0 Å². The minimum atomic E-state index is 0. The lowest BCUT2D eigenvalue weighted by atomic mass is 10.2. The Morgan fingerprint density at radius 1 is 1.15 bits per heavy atom. The van der Waals surface area contributed by atoms with Crippen molar-refractivity contribution < 1.29 is 0 Å². The number of fused-ring (bicyclic) bond motifs is 3. The highest BCUT2D eigenvalue weighted by Gasteiger charge is 2.38. The average Bonchev–Trinajstić information content (AvgIpc) is 2.67. The highest BCUT2D eigenvalue weighted by Crippen LogP contribution is 2.36. The van der Waals surface area contributed by atoms with Gasteiger partial charge in [0.1, 0.15) is 5.82 Å². The van der Waals surface area contributed by atoms with Gasteiger partial charge in [0.05, 0.1) is 10.5 Å². The number of nitrogens with one attached hydrogen (secondary N) is 1. The maximum absolute atomic E-state index is 6.47. The first-order valence-electron chi connectivity index (χ1n) is 6.87. The van der Waals surface area contributed by atoms with Crippen molar-refractivity contribution in [3.05, 3.63) is 35.4 Å². The van der Waals surface area contributed by atoms with Gasteiger partial charge in [-0.05, 0) is 25.0 Å². The van der Waals surface area contributed by atoms with Gasteiger partial charge in [0.2, 0.25) is 0 Å². The Hall–Kier alpha value is -1.03. The number of pyridine rings is 1. The molecule has 0 amide bonds. The highest BCUT2D eigenvalue weighted by molar-refractivity contribution is 6.33. The van der Waals surface area contributed by atoms with E-state index in [9.17, 15) is 0 Å². The molecule has 0 saturated carbocycles. The lowest BCUT2D eigenvalue weighted by molar-refractivity contribution is 0.481. The molecule has 3 nitrogen and oxygen atoms in total. The van der Waals surface area contributed by atoms with E-state index in [-0.39, 0.29) is 12.4 Å². The van der Waals surface area contributed by atoms with Gasteiger partial charge in [-0.15, -0.1) is 12.4 Å². The zero-order valence-electron chi connectivity index (χ0n) is 11.1. The van der Waals surface area contributed by atoms with Gasteiger partial charge >= 0.3 is 0 Å². The second-order valence-corrected chi connectivity index (χ2v) is 5.84. The van der Waals surface area contributed by atoms with Gasteiger partial charge < -0.3 is 10.2 Å². The fourth-order valence-corrected chi connectivity index (χ4v) is 3.64. The van der Waals surface area contributed by atoms with Crippen molar-refractivity contribution >= 4 is 40.7 Å². The number of halogens is 2. The Kier molecular flexibility index (Phi) is 3.76. The molecule has 2 aliphatic heterocycles. The quantitative estimate of drug-likeness (QED) is 0.876. The molecule has 106 valence electrons. The van der Waals surface area contributed by atoms with E-state index in [4.69, 9.17) is 16.6 Å². The van der Waals surface area contributed by atoms with Crippen LogP contribution in [-0.2, 0) is 0 Å². The van der Waals surface area contributed by atoms with Crippen LogP contribution >= 0.6 is 24.0 Å². The van der Waals surface area contributed by atoms with Crippen molar-refractivity contribution in [3.63, 3.8) is 0 Å². The summed E-state index contributed by atoms with van der Waals surface area (Å²) in [4.78, 5) is 7.24. The first-order chi connectivity index (χ1) is 9.33. The second kappa shape index (κ2) is 5.40. The van der Waals surface area contributed by atoms with Gasteiger partial charge in [0.25, 0.3) is 0 Å². The highest BCUT2D eigenvalue weighted by atomic mass is 35.5. The van der Waals surface area contributed by atoms with E-state index in [1.54, 1.807) is 0 Å². The number of piperazine rings is 1. The Morgan fingerprint density at radius 2 is 1.85 bits per heavy atom. The Morgan fingerprint density at radius 3 is 2.60 bits per heavy atom. The van der Waals surface area contributed by atoms with Gasteiger partial charge in [-0.3, -0.25) is 0 Å². The molecular weight excluding hydrogens is 293 g/mol. The molecule has 2 aliphatic rings. The zero-order valence-corrected chi connectivity index (χ0v) is 12.6. The molecule has 0 spiro atoms. The van der Waals surface area contributed by atoms with Gasteiger partial charge in [0.15, 0.2) is 0 Å². The monoisotopic (exact) mass is 309 g/mol. The summed E-state index contributed by atoms with van der Waals surface area (Å²) >= 11 is 6.47. The SMILES string of the molecule is Cl.Clc1cc2ccccc2nc1N1C2CCC1CNC2. The van der Waals surface area contributed by atoms with Crippen molar-refractivity contribution in [1.82, 2.24) is 10.3 Å². The lowest BCUT2D eigenvalue weighted by Gasteiger charge is -2.36. The maximum Gasteiger partial charge on any atom is 0.148 e. The topological polar surface area (TPSA) is 28.2 Å². The van der Waals surface area contributed by atoms with E-state index >= 15 is 0 Å². The summed E-state index contributed by atoms with van der Waals surface area (Å²) in [6.45, 7) is 2.09. The van der Waals surface area contributed by atoms with E-state index in [0.29, 0.717) is 12.1 Å². The smallest absolute Gasteiger partial charge is 0.148 e. The van der Waals surface area contributed by atoms with Gasteiger partial charge in [-0.1, -0.05) is 29.8 Å². The molecule has 5 heteroatoms. The van der Waals surface area contributed by atoms with Crippen LogP contribution in [0.4, 0.5) is 5.82 Å². The summed E-state index contributed by atoms with van der Waals surface area (Å²) in [5.74, 6) is 0.967. The van der Waals surface area contributed by atoms with Gasteiger partial charge in [-0.25, -0.2) is 4.98 Å². The van der Waals surface area contributed by atoms with Crippen molar-refractivity contribution in [2.45, 2.75) is 24.9 Å². The van der Waals surface area contributed by atoms with E-state index < -0.39 is 0 Å². The van der Waals surface area contributed by atoms with Crippen LogP contribution in [0.3, 0.4) is 0 Å². The molecule has 3 heterocycles. The first kappa shape index (κ1) is 13.9. The molecule has 0 radical (unpaired) electrons. The van der Waals surface area contributed by atoms with E-state index in [1.165, 1.54) is 12.8 Å². The third kappa shape index (κ3) is 2.14. The number of para-hydroxylation sites is 1. The average molecular weight is 310 g/mol. The van der Waals surface area contributed by atoms with Crippen LogP contribution in [0.25, 0.3) is 10.9 Å². The number of aromatic nitrogens is 1. The largest absolute Gasteiger partial charge is 0.347 e. The molecule has 1 aromatic heterocycles. The molecule has 2 aromatic rings. The number of hydrogen-bond donors (Lipinski definition) is 1. The number of nitrogens with zero attached hydrogens (tertiary/aromatic N) is 2. The molecule has 2 fully saturated rings. The van der Waals surface area contributed by atoms with Crippen LogP contribution in [0.1, 0.15) is 12.8 Å². The minimum absolute atomic E-state index is 0. The van der Waals surface area contributed by atoms with Crippen molar-refractivity contribution in [3.8, 4) is 0 Å². The standard InChI is InChI=1S/C15H16ClN3.ClH/c16-13-7-10-3-1-2-4-14(10)18-15(13)19-11-5-6-12(19)9-17-8-11;/h1-4,7,11-12,17H,5-6,8-9H2;1H. The lowest BCUT2D eigenvalue weighted by Crippen LogP contribution is -2.52. The fourth-order valence-electron chi connectivity index (χ4n) is 3.39. The maximum atomic E-state index is 6.47. The molecule has 0 aliphatic carbocycles. The summed E-state index contributed by atoms with van der Waals surface area (Å²) in [5, 5.41) is 5.38. The predicted molar refractivity (Wildman–Crippen MR) is 86.2 cm³/mol. The van der Waals surface area contributed by atoms with E-state index in [0.717, 1.165) is 34.8 Å². The van der Waals surface area contributed by atoms with Crippen LogP contribution in [0, 0.1) is 0 Å². The normalized spacial score (nSPS) is 24.8. The van der Waals surface area contributed by atoms with Crippen LogP contribution in [0.5, 0.6) is 0 Å². The number of rotatable bonds is 1. The number of hydrogen-bond acceptors (Lipinski definition) is 3. The summed E-state index contributed by atoms with van der Waals surface area (Å²) < 4.78 is 0. The van der Waals surface area contributed by atoms with E-state index in [1.807, 2.05) is 18.2 Å². The summed E-state index contributed by atoms with van der Waals surface area (Å²) in [6, 6.07) is 11.3. The molecule has 2 bridgehead atoms. The zero-order chi connectivity index (χ0) is 12.8. The fraction of sp³-hybridized carbons (Fsp3) is 0.400.